The first-order valence-electron chi connectivity index (χ1n) is 5.78. The predicted octanol–water partition coefficient (Wildman–Crippen LogP) is 1.27. The fourth-order valence-electron chi connectivity index (χ4n) is 1.82. The van der Waals surface area contributed by atoms with Gasteiger partial charge in [0, 0.05) is 18.5 Å². The first kappa shape index (κ1) is 14.4. The van der Waals surface area contributed by atoms with Crippen molar-refractivity contribution >= 4 is 5.91 Å². The van der Waals surface area contributed by atoms with Crippen LogP contribution in [0.25, 0.3) is 0 Å². The second-order valence-corrected chi connectivity index (χ2v) is 4.29. The van der Waals surface area contributed by atoms with Crippen LogP contribution >= 0.6 is 0 Å². The van der Waals surface area contributed by atoms with Gasteiger partial charge in [0.15, 0.2) is 0 Å². The van der Waals surface area contributed by atoms with Crippen LogP contribution in [-0.4, -0.2) is 29.4 Å². The fraction of sp³-hybridized carbons (Fsp3) is 0.909. The van der Waals surface area contributed by atoms with Crippen molar-refractivity contribution in [1.29, 1.82) is 0 Å². The quantitative estimate of drug-likeness (QED) is 0.382. The van der Waals surface area contributed by atoms with E-state index in [-0.39, 0.29) is 5.91 Å². The molecular formula is C11H25N3O. The molecule has 15 heavy (non-hydrogen) atoms. The molecule has 1 atom stereocenters. The van der Waals surface area contributed by atoms with Crippen molar-refractivity contribution in [3.63, 3.8) is 0 Å². The van der Waals surface area contributed by atoms with Gasteiger partial charge >= 0.3 is 0 Å². The molecule has 3 N–H and O–H groups in total. The van der Waals surface area contributed by atoms with Crippen LogP contribution in [0.2, 0.25) is 0 Å². The van der Waals surface area contributed by atoms with E-state index < -0.39 is 0 Å². The van der Waals surface area contributed by atoms with Crippen LogP contribution < -0.4 is 11.3 Å². The summed E-state index contributed by atoms with van der Waals surface area (Å²) < 4.78 is 0. The van der Waals surface area contributed by atoms with E-state index in [4.69, 9.17) is 5.84 Å². The van der Waals surface area contributed by atoms with Crippen molar-refractivity contribution in [2.45, 2.75) is 59.0 Å². The number of hydrazine groups is 1. The molecule has 0 bridgehead atoms. The van der Waals surface area contributed by atoms with E-state index in [1.807, 2.05) is 0 Å². The van der Waals surface area contributed by atoms with Crippen LogP contribution in [0.4, 0.5) is 0 Å². The lowest BCUT2D eigenvalue weighted by molar-refractivity contribution is -0.121. The number of hydrogen-bond donors (Lipinski definition) is 2. The second kappa shape index (κ2) is 7.65. The summed E-state index contributed by atoms with van der Waals surface area (Å²) in [6.45, 7) is 9.81. The van der Waals surface area contributed by atoms with Crippen molar-refractivity contribution in [2.75, 3.05) is 6.54 Å². The Balaban J connectivity index is 4.02. The summed E-state index contributed by atoms with van der Waals surface area (Å²) in [7, 11) is 0. The Morgan fingerprint density at radius 1 is 1.40 bits per heavy atom. The third kappa shape index (κ3) is 5.74. The molecule has 0 aromatic heterocycles. The summed E-state index contributed by atoms with van der Waals surface area (Å²) in [5.41, 5.74) is 2.16. The number of nitrogens with two attached hydrogens (primary N) is 1. The Bertz CT molecular complexity index is 183. The van der Waals surface area contributed by atoms with Crippen LogP contribution in [0.1, 0.15) is 47.0 Å². The number of rotatable bonds is 7. The molecule has 0 rings (SSSR count). The third-order valence-electron chi connectivity index (χ3n) is 2.66. The van der Waals surface area contributed by atoms with Gasteiger partial charge in [-0.1, -0.05) is 6.92 Å². The molecule has 0 saturated carbocycles. The molecular weight excluding hydrogens is 190 g/mol. The van der Waals surface area contributed by atoms with Gasteiger partial charge in [-0.3, -0.25) is 15.1 Å². The SMILES string of the molecule is CCCN(C(C)C)C(C)CCC(=O)NN. The Morgan fingerprint density at radius 2 is 2.00 bits per heavy atom. The largest absolute Gasteiger partial charge is 0.298 e. The minimum absolute atomic E-state index is 0.0814. The molecule has 0 aromatic rings. The highest BCUT2D eigenvalue weighted by molar-refractivity contribution is 5.75. The monoisotopic (exact) mass is 215 g/mol. The Labute approximate surface area is 93.2 Å². The maximum absolute atomic E-state index is 11.0. The highest BCUT2D eigenvalue weighted by Gasteiger charge is 2.16. The molecule has 1 unspecified atom stereocenters. The lowest BCUT2D eigenvalue weighted by Gasteiger charge is -2.32. The third-order valence-corrected chi connectivity index (χ3v) is 2.66. The van der Waals surface area contributed by atoms with E-state index in [0.29, 0.717) is 18.5 Å². The molecule has 4 heteroatoms. The Hall–Kier alpha value is -0.610. The van der Waals surface area contributed by atoms with Crippen molar-refractivity contribution in [3.8, 4) is 0 Å². The maximum atomic E-state index is 11.0. The molecule has 0 aromatic carbocycles. The maximum Gasteiger partial charge on any atom is 0.233 e. The van der Waals surface area contributed by atoms with Crippen molar-refractivity contribution < 1.29 is 4.79 Å². The van der Waals surface area contributed by atoms with Crippen LogP contribution in [0.15, 0.2) is 0 Å². The van der Waals surface area contributed by atoms with Gasteiger partial charge in [-0.05, 0) is 40.2 Å². The van der Waals surface area contributed by atoms with Gasteiger partial charge < -0.3 is 0 Å². The topological polar surface area (TPSA) is 58.4 Å². The molecule has 0 fully saturated rings. The highest BCUT2D eigenvalue weighted by atomic mass is 16.2. The van der Waals surface area contributed by atoms with Gasteiger partial charge in [-0.15, -0.1) is 0 Å². The van der Waals surface area contributed by atoms with Gasteiger partial charge in [0.2, 0.25) is 5.91 Å². The fourth-order valence-corrected chi connectivity index (χ4v) is 1.82. The summed E-state index contributed by atoms with van der Waals surface area (Å²) in [6, 6.07) is 0.961. The summed E-state index contributed by atoms with van der Waals surface area (Å²) in [5.74, 6) is 4.96. The second-order valence-electron chi connectivity index (χ2n) is 4.29. The lowest BCUT2D eigenvalue weighted by atomic mass is 10.1. The zero-order valence-electron chi connectivity index (χ0n) is 10.4. The van der Waals surface area contributed by atoms with E-state index in [9.17, 15) is 4.79 Å². The molecule has 0 heterocycles. The van der Waals surface area contributed by atoms with Crippen LogP contribution in [-0.2, 0) is 4.79 Å². The van der Waals surface area contributed by atoms with E-state index >= 15 is 0 Å². The molecule has 0 saturated heterocycles. The first-order chi connectivity index (χ1) is 7.02. The van der Waals surface area contributed by atoms with Gasteiger partial charge in [0.25, 0.3) is 0 Å². The van der Waals surface area contributed by atoms with Crippen molar-refractivity contribution in [3.05, 3.63) is 0 Å². The van der Waals surface area contributed by atoms with Gasteiger partial charge in [0.1, 0.15) is 0 Å². The number of nitrogens with zero attached hydrogens (tertiary/aromatic N) is 1. The summed E-state index contributed by atoms with van der Waals surface area (Å²) in [4.78, 5) is 13.4. The average Bonchev–Trinajstić information content (AvgIpc) is 2.21. The summed E-state index contributed by atoms with van der Waals surface area (Å²) in [6.07, 6.45) is 2.51. The highest BCUT2D eigenvalue weighted by Crippen LogP contribution is 2.11. The Kier molecular flexibility index (Phi) is 7.34. The number of hydrogen-bond acceptors (Lipinski definition) is 3. The summed E-state index contributed by atoms with van der Waals surface area (Å²) >= 11 is 0. The zero-order valence-corrected chi connectivity index (χ0v) is 10.4. The number of nitrogens with one attached hydrogen (secondary N) is 1. The average molecular weight is 215 g/mol. The number of amides is 1. The molecule has 0 aliphatic heterocycles. The normalized spacial score (nSPS) is 13.3. The van der Waals surface area contributed by atoms with Crippen molar-refractivity contribution in [1.82, 2.24) is 10.3 Å². The summed E-state index contributed by atoms with van der Waals surface area (Å²) in [5, 5.41) is 0. The zero-order chi connectivity index (χ0) is 11.8. The molecule has 4 nitrogen and oxygen atoms in total. The van der Waals surface area contributed by atoms with E-state index in [1.54, 1.807) is 0 Å². The minimum atomic E-state index is -0.0814. The standard InChI is InChI=1S/C11H25N3O/c1-5-8-14(9(2)3)10(4)6-7-11(15)13-12/h9-10H,5-8,12H2,1-4H3,(H,13,15). The number of carbonyl (C=O) groups excluding carboxylic acids is 1. The minimum Gasteiger partial charge on any atom is -0.298 e. The molecule has 1 amide bonds. The first-order valence-corrected chi connectivity index (χ1v) is 5.78. The molecule has 90 valence electrons. The lowest BCUT2D eigenvalue weighted by Crippen LogP contribution is -2.40. The van der Waals surface area contributed by atoms with Crippen LogP contribution in [0.3, 0.4) is 0 Å². The molecule has 0 aliphatic carbocycles. The number of carbonyl (C=O) groups is 1. The Morgan fingerprint density at radius 3 is 2.40 bits per heavy atom. The van der Waals surface area contributed by atoms with Gasteiger partial charge in [0.05, 0.1) is 0 Å². The molecule has 0 radical (unpaired) electrons. The predicted molar refractivity (Wildman–Crippen MR) is 63.2 cm³/mol. The van der Waals surface area contributed by atoms with E-state index in [2.05, 4.69) is 38.0 Å². The van der Waals surface area contributed by atoms with Crippen molar-refractivity contribution in [2.24, 2.45) is 5.84 Å². The smallest absolute Gasteiger partial charge is 0.233 e. The van der Waals surface area contributed by atoms with E-state index in [0.717, 1.165) is 19.4 Å². The molecule has 0 aliphatic rings. The van der Waals surface area contributed by atoms with Gasteiger partial charge in [-0.2, -0.15) is 0 Å². The molecule has 0 spiro atoms. The van der Waals surface area contributed by atoms with Crippen LogP contribution in [0, 0.1) is 0 Å². The van der Waals surface area contributed by atoms with Crippen LogP contribution in [0.5, 0.6) is 0 Å². The van der Waals surface area contributed by atoms with E-state index in [1.165, 1.54) is 0 Å². The van der Waals surface area contributed by atoms with Gasteiger partial charge in [-0.25, -0.2) is 5.84 Å².